The average Bonchev–Trinajstić information content (AvgIpc) is 2.55. The van der Waals surface area contributed by atoms with E-state index in [2.05, 4.69) is 10.4 Å². The lowest BCUT2D eigenvalue weighted by Gasteiger charge is -2.09. The molecule has 96 valence electrons. The quantitative estimate of drug-likeness (QED) is 0.924. The van der Waals surface area contributed by atoms with Gasteiger partial charge >= 0.3 is 0 Å². The number of nitrogens with zero attached hydrogens (tertiary/aromatic N) is 2. The molecule has 0 amide bonds. The van der Waals surface area contributed by atoms with Gasteiger partial charge < -0.3 is 5.32 Å². The van der Waals surface area contributed by atoms with Gasteiger partial charge in [0.1, 0.15) is 0 Å². The van der Waals surface area contributed by atoms with Gasteiger partial charge in [-0.1, -0.05) is 23.2 Å². The summed E-state index contributed by atoms with van der Waals surface area (Å²) in [6.45, 7) is 4.64. The third kappa shape index (κ3) is 2.62. The first-order valence-corrected chi connectivity index (χ1v) is 6.42. The molecule has 18 heavy (non-hydrogen) atoms. The Morgan fingerprint density at radius 2 is 2.00 bits per heavy atom. The number of nitrogens with one attached hydrogen (secondary N) is 1. The molecule has 3 nitrogen and oxygen atoms in total. The van der Waals surface area contributed by atoms with Crippen LogP contribution in [0.3, 0.4) is 0 Å². The molecule has 2 aromatic rings. The highest BCUT2D eigenvalue weighted by Gasteiger charge is 2.09. The molecule has 1 heterocycles. The zero-order chi connectivity index (χ0) is 13.3. The van der Waals surface area contributed by atoms with Gasteiger partial charge in [0.05, 0.1) is 17.1 Å². The summed E-state index contributed by atoms with van der Waals surface area (Å²) in [6, 6.07) is 5.47. The Morgan fingerprint density at radius 1 is 1.28 bits per heavy atom. The Kier molecular flexibility index (Phi) is 3.83. The van der Waals surface area contributed by atoms with Gasteiger partial charge in [-0.15, -0.1) is 0 Å². The van der Waals surface area contributed by atoms with Crippen LogP contribution in [0.2, 0.25) is 10.0 Å². The average molecular weight is 284 g/mol. The van der Waals surface area contributed by atoms with E-state index in [-0.39, 0.29) is 0 Å². The lowest BCUT2D eigenvalue weighted by atomic mass is 10.2. The summed E-state index contributed by atoms with van der Waals surface area (Å²) < 4.78 is 1.86. The minimum atomic E-state index is 0.632. The molecule has 0 saturated heterocycles. The second kappa shape index (κ2) is 5.21. The fourth-order valence-corrected chi connectivity index (χ4v) is 2.27. The molecule has 2 rings (SSSR count). The Labute approximate surface area is 117 Å². The summed E-state index contributed by atoms with van der Waals surface area (Å²) in [4.78, 5) is 0. The molecule has 1 aromatic carbocycles. The maximum absolute atomic E-state index is 6.13. The molecular formula is C13H15Cl2N3. The number of benzene rings is 1. The SMILES string of the molecule is Cc1nn(C)c(C)c1NCc1cc(Cl)ccc1Cl. The topological polar surface area (TPSA) is 29.9 Å². The molecule has 0 unspecified atom stereocenters. The lowest BCUT2D eigenvalue weighted by molar-refractivity contribution is 0.731. The van der Waals surface area contributed by atoms with Crippen molar-refractivity contribution in [3.8, 4) is 0 Å². The molecule has 1 aromatic heterocycles. The van der Waals surface area contributed by atoms with Crippen LogP contribution in [-0.4, -0.2) is 9.78 Å². The van der Waals surface area contributed by atoms with Gasteiger partial charge in [-0.05, 0) is 37.6 Å². The molecular weight excluding hydrogens is 269 g/mol. The van der Waals surface area contributed by atoms with Crippen molar-refractivity contribution in [2.45, 2.75) is 20.4 Å². The highest BCUT2D eigenvalue weighted by Crippen LogP contribution is 2.24. The van der Waals surface area contributed by atoms with Crippen molar-refractivity contribution in [2.24, 2.45) is 7.05 Å². The minimum Gasteiger partial charge on any atom is -0.378 e. The molecule has 0 atom stereocenters. The van der Waals surface area contributed by atoms with Gasteiger partial charge in [-0.3, -0.25) is 4.68 Å². The zero-order valence-electron chi connectivity index (χ0n) is 10.6. The van der Waals surface area contributed by atoms with Crippen LogP contribution in [0.4, 0.5) is 5.69 Å². The molecule has 0 aliphatic rings. The van der Waals surface area contributed by atoms with E-state index in [1.807, 2.05) is 37.7 Å². The van der Waals surface area contributed by atoms with Crippen molar-refractivity contribution >= 4 is 28.9 Å². The van der Waals surface area contributed by atoms with Crippen LogP contribution >= 0.6 is 23.2 Å². The van der Waals surface area contributed by atoms with Crippen LogP contribution in [0.5, 0.6) is 0 Å². The van der Waals surface area contributed by atoms with Gasteiger partial charge in [0.2, 0.25) is 0 Å². The molecule has 0 aliphatic heterocycles. The summed E-state index contributed by atoms with van der Waals surface area (Å²) in [5.41, 5.74) is 4.11. The molecule has 1 N–H and O–H groups in total. The van der Waals surface area contributed by atoms with Crippen LogP contribution in [-0.2, 0) is 13.6 Å². The molecule has 0 spiro atoms. The fourth-order valence-electron chi connectivity index (χ4n) is 1.89. The summed E-state index contributed by atoms with van der Waals surface area (Å²) in [5, 5.41) is 9.12. The number of hydrogen-bond donors (Lipinski definition) is 1. The van der Waals surface area contributed by atoms with E-state index < -0.39 is 0 Å². The number of aromatic nitrogens is 2. The van der Waals surface area contributed by atoms with E-state index in [9.17, 15) is 0 Å². The van der Waals surface area contributed by atoms with Gasteiger partial charge in [0, 0.05) is 23.6 Å². The smallest absolute Gasteiger partial charge is 0.0827 e. The Hall–Kier alpha value is -1.19. The van der Waals surface area contributed by atoms with E-state index in [1.54, 1.807) is 6.07 Å². The highest BCUT2D eigenvalue weighted by molar-refractivity contribution is 6.33. The van der Waals surface area contributed by atoms with Crippen LogP contribution < -0.4 is 5.32 Å². The molecule has 0 radical (unpaired) electrons. The summed E-state index contributed by atoms with van der Waals surface area (Å²) in [6.07, 6.45) is 0. The monoisotopic (exact) mass is 283 g/mol. The van der Waals surface area contributed by atoms with Crippen molar-refractivity contribution in [3.63, 3.8) is 0 Å². The highest BCUT2D eigenvalue weighted by atomic mass is 35.5. The third-order valence-corrected chi connectivity index (χ3v) is 3.58. The van der Waals surface area contributed by atoms with Crippen molar-refractivity contribution in [3.05, 3.63) is 45.2 Å². The molecule has 0 bridgehead atoms. The molecule has 0 fully saturated rings. The summed E-state index contributed by atoms with van der Waals surface area (Å²) in [5.74, 6) is 0. The maximum Gasteiger partial charge on any atom is 0.0827 e. The van der Waals surface area contributed by atoms with Crippen LogP contribution in [0.1, 0.15) is 17.0 Å². The van der Waals surface area contributed by atoms with Crippen molar-refractivity contribution in [2.75, 3.05) is 5.32 Å². The van der Waals surface area contributed by atoms with Crippen LogP contribution in [0.15, 0.2) is 18.2 Å². The number of hydrogen-bond acceptors (Lipinski definition) is 2. The summed E-state index contributed by atoms with van der Waals surface area (Å²) >= 11 is 12.1. The standard InChI is InChI=1S/C13H15Cl2N3/c1-8-13(9(2)18(3)17-8)16-7-10-6-11(14)4-5-12(10)15/h4-6,16H,7H2,1-3H3. The van der Waals surface area contributed by atoms with Crippen LogP contribution in [0, 0.1) is 13.8 Å². The number of anilines is 1. The maximum atomic E-state index is 6.13. The van der Waals surface area contributed by atoms with Gasteiger partial charge in [0.25, 0.3) is 0 Å². The minimum absolute atomic E-state index is 0.632. The number of aryl methyl sites for hydroxylation is 2. The summed E-state index contributed by atoms with van der Waals surface area (Å²) in [7, 11) is 1.93. The van der Waals surface area contributed by atoms with E-state index in [4.69, 9.17) is 23.2 Å². The molecule has 0 saturated carbocycles. The fraction of sp³-hybridized carbons (Fsp3) is 0.308. The van der Waals surface area contributed by atoms with Crippen LogP contribution in [0.25, 0.3) is 0 Å². The van der Waals surface area contributed by atoms with Crippen molar-refractivity contribution < 1.29 is 0 Å². The zero-order valence-corrected chi connectivity index (χ0v) is 12.1. The Balaban J connectivity index is 2.19. The first-order valence-electron chi connectivity index (χ1n) is 5.67. The number of rotatable bonds is 3. The number of halogens is 2. The Bertz CT molecular complexity index is 576. The predicted molar refractivity (Wildman–Crippen MR) is 76.5 cm³/mol. The van der Waals surface area contributed by atoms with Gasteiger partial charge in [-0.2, -0.15) is 5.10 Å². The molecule has 5 heteroatoms. The lowest BCUT2D eigenvalue weighted by Crippen LogP contribution is -2.02. The van der Waals surface area contributed by atoms with Crippen molar-refractivity contribution in [1.29, 1.82) is 0 Å². The first-order chi connectivity index (χ1) is 8.49. The predicted octanol–water partition coefficient (Wildman–Crippen LogP) is 3.96. The largest absolute Gasteiger partial charge is 0.378 e. The second-order valence-corrected chi connectivity index (χ2v) is 5.10. The van der Waals surface area contributed by atoms with Gasteiger partial charge in [0.15, 0.2) is 0 Å². The van der Waals surface area contributed by atoms with E-state index in [0.717, 1.165) is 22.6 Å². The van der Waals surface area contributed by atoms with E-state index in [1.165, 1.54) is 0 Å². The Morgan fingerprint density at radius 3 is 2.61 bits per heavy atom. The van der Waals surface area contributed by atoms with Crippen molar-refractivity contribution in [1.82, 2.24) is 9.78 Å². The van der Waals surface area contributed by atoms with E-state index >= 15 is 0 Å². The molecule has 0 aliphatic carbocycles. The first kappa shape index (κ1) is 13.2. The van der Waals surface area contributed by atoms with Gasteiger partial charge in [-0.25, -0.2) is 0 Å². The van der Waals surface area contributed by atoms with E-state index in [0.29, 0.717) is 16.6 Å². The normalized spacial score (nSPS) is 10.7. The third-order valence-electron chi connectivity index (χ3n) is 2.97. The second-order valence-electron chi connectivity index (χ2n) is 4.26.